The number of rotatable bonds is 4. The zero-order chi connectivity index (χ0) is 45.9. The van der Waals surface area contributed by atoms with E-state index in [1.807, 2.05) is 60.7 Å². The minimum absolute atomic E-state index is 0.593. The molecule has 0 aliphatic carbocycles. The lowest BCUT2D eigenvalue weighted by molar-refractivity contribution is 1.25. The summed E-state index contributed by atoms with van der Waals surface area (Å²) in [6.07, 6.45) is 20.1. The van der Waals surface area contributed by atoms with Crippen LogP contribution < -0.4 is 0 Å². The number of aromatic nitrogens is 16. The van der Waals surface area contributed by atoms with Crippen LogP contribution in [0.1, 0.15) is 0 Å². The van der Waals surface area contributed by atoms with Crippen molar-refractivity contribution in [3.8, 4) is 45.0 Å². The van der Waals surface area contributed by atoms with E-state index < -0.39 is 0 Å². The van der Waals surface area contributed by atoms with Crippen molar-refractivity contribution in [2.45, 2.75) is 0 Å². The van der Waals surface area contributed by atoms with Crippen LogP contribution in [-0.2, 0) is 0 Å². The van der Waals surface area contributed by atoms with E-state index in [4.69, 9.17) is 59.8 Å². The largest absolute Gasteiger partial charge is 0.253 e. The summed E-state index contributed by atoms with van der Waals surface area (Å²) in [6.45, 7) is 0. The molecular formula is C54H26N16. The van der Waals surface area contributed by atoms with Gasteiger partial charge < -0.3 is 0 Å². The molecule has 0 amide bonds. The molecule has 0 atom stereocenters. The molecule has 10 heterocycles. The van der Waals surface area contributed by atoms with E-state index in [9.17, 15) is 0 Å². The van der Waals surface area contributed by atoms with Crippen molar-refractivity contribution in [1.29, 1.82) is 0 Å². The smallest absolute Gasteiger partial charge is 0.101 e. The maximum absolute atomic E-state index is 5.39. The Kier molecular flexibility index (Phi) is 7.94. The SMILES string of the molecule is c1cnc2c(-c3ccc4ccc5ccc(-c6c7nccnc7c(-c7ccc8ccc9ccc(-c%10c%11nccnc%11cc%11nccnc%10%11)nc9c8n7)c7nccnc67)nc5c4n3)c3nccnc3cc2n1. The van der Waals surface area contributed by atoms with Gasteiger partial charge in [0, 0.05) is 95.9 Å². The fraction of sp³-hybridized carbons (Fsp3) is 0. The Morgan fingerprint density at radius 2 is 0.386 bits per heavy atom. The van der Waals surface area contributed by atoms with Crippen LogP contribution in [0.4, 0.5) is 0 Å². The molecule has 10 aromatic heterocycles. The Balaban J connectivity index is 0.933. The van der Waals surface area contributed by atoms with Crippen molar-refractivity contribution in [3.63, 3.8) is 0 Å². The molecular weight excluding hydrogens is 873 g/mol. The zero-order valence-electron chi connectivity index (χ0n) is 36.2. The molecule has 15 rings (SSSR count). The Labute approximate surface area is 392 Å². The van der Waals surface area contributed by atoms with E-state index in [0.717, 1.165) is 32.7 Å². The van der Waals surface area contributed by atoms with Crippen molar-refractivity contribution in [2.75, 3.05) is 0 Å². The molecule has 70 heavy (non-hydrogen) atoms. The van der Waals surface area contributed by atoms with Gasteiger partial charge in [-0.25, -0.2) is 19.9 Å². The van der Waals surface area contributed by atoms with Crippen LogP contribution in [0.2, 0.25) is 0 Å². The van der Waals surface area contributed by atoms with Crippen LogP contribution >= 0.6 is 0 Å². The Bertz CT molecular complexity index is 4290. The minimum atomic E-state index is 0.593. The summed E-state index contributed by atoms with van der Waals surface area (Å²) < 4.78 is 0. The van der Waals surface area contributed by atoms with Crippen LogP contribution in [0.3, 0.4) is 0 Å². The van der Waals surface area contributed by atoms with Crippen molar-refractivity contribution in [2.24, 2.45) is 0 Å². The summed E-state index contributed by atoms with van der Waals surface area (Å²) in [6, 6.07) is 28.1. The van der Waals surface area contributed by atoms with Crippen molar-refractivity contribution in [1.82, 2.24) is 79.7 Å². The van der Waals surface area contributed by atoms with Gasteiger partial charge in [0.1, 0.15) is 44.1 Å². The summed E-state index contributed by atoms with van der Waals surface area (Å²) >= 11 is 0. The fourth-order valence-electron chi connectivity index (χ4n) is 9.77. The highest BCUT2D eigenvalue weighted by Crippen LogP contribution is 2.42. The third-order valence-electron chi connectivity index (χ3n) is 12.8. The molecule has 0 bridgehead atoms. The Morgan fingerprint density at radius 1 is 0.186 bits per heavy atom. The summed E-state index contributed by atoms with van der Waals surface area (Å²) in [5.41, 5.74) is 16.2. The fourth-order valence-corrected chi connectivity index (χ4v) is 9.77. The topological polar surface area (TPSA) is 206 Å². The van der Waals surface area contributed by atoms with Crippen LogP contribution in [0.5, 0.6) is 0 Å². The van der Waals surface area contributed by atoms with Crippen molar-refractivity contribution in [3.05, 3.63) is 159 Å². The normalized spacial score (nSPS) is 12.0. The van der Waals surface area contributed by atoms with Gasteiger partial charge >= 0.3 is 0 Å². The Morgan fingerprint density at radius 3 is 0.643 bits per heavy atom. The first-order valence-corrected chi connectivity index (χ1v) is 22.2. The molecule has 322 valence electrons. The first-order chi connectivity index (χ1) is 34.7. The van der Waals surface area contributed by atoms with Crippen molar-refractivity contribution < 1.29 is 0 Å². The average molecular weight is 899 g/mol. The molecule has 0 unspecified atom stereocenters. The highest BCUT2D eigenvalue weighted by molar-refractivity contribution is 6.18. The summed E-state index contributed by atoms with van der Waals surface area (Å²) in [7, 11) is 0. The molecule has 15 aromatic rings. The molecule has 16 heteroatoms. The minimum Gasteiger partial charge on any atom is -0.253 e. The number of benzene rings is 5. The lowest BCUT2D eigenvalue weighted by Crippen LogP contribution is -2.00. The lowest BCUT2D eigenvalue weighted by atomic mass is 9.97. The van der Waals surface area contributed by atoms with E-state index in [1.165, 1.54) is 0 Å². The third kappa shape index (κ3) is 5.64. The number of fused-ring (bicyclic) bond motifs is 12. The first kappa shape index (κ1) is 37.9. The summed E-state index contributed by atoms with van der Waals surface area (Å²) in [5.74, 6) is 0. The first-order valence-electron chi connectivity index (χ1n) is 22.2. The Hall–Kier alpha value is -10.2. The molecule has 0 saturated carbocycles. The number of nitrogens with zero attached hydrogens (tertiary/aromatic N) is 16. The predicted molar refractivity (Wildman–Crippen MR) is 268 cm³/mol. The van der Waals surface area contributed by atoms with Gasteiger partial charge in [-0.2, -0.15) is 0 Å². The van der Waals surface area contributed by atoms with Gasteiger partial charge in [0.25, 0.3) is 0 Å². The summed E-state index contributed by atoms with van der Waals surface area (Å²) in [4.78, 5) is 78.6. The maximum Gasteiger partial charge on any atom is 0.101 e. The highest BCUT2D eigenvalue weighted by atomic mass is 14.9. The van der Waals surface area contributed by atoms with Crippen LogP contribution in [0.15, 0.2) is 159 Å². The van der Waals surface area contributed by atoms with E-state index >= 15 is 0 Å². The molecule has 0 radical (unpaired) electrons. The highest BCUT2D eigenvalue weighted by Gasteiger charge is 2.24. The van der Waals surface area contributed by atoms with Gasteiger partial charge in [0.05, 0.1) is 89.2 Å². The van der Waals surface area contributed by atoms with E-state index in [1.54, 1.807) is 74.4 Å². The molecule has 16 nitrogen and oxygen atoms in total. The standard InChI is InChI=1S/C54H26N16/c1-3-29-7-11-33(69-45(29)43-27(1)5-9-31(67-43)39-47-35(55-13-17-59-47)25-36-48(39)60-18-14-56-36)41-51-53(65-23-21-63-51)42(54-52(41)64-22-24-66-54)34-12-8-30-4-2-28-6-10-32(68-44(28)46(30)70-34)40-49-37(57-15-19-61-49)26-38-50(40)62-20-16-58-38/h1-26H. The van der Waals surface area contributed by atoms with E-state index in [2.05, 4.69) is 44.2 Å². The van der Waals surface area contributed by atoms with E-state index in [-0.39, 0.29) is 0 Å². The van der Waals surface area contributed by atoms with Gasteiger partial charge in [0.15, 0.2) is 0 Å². The van der Waals surface area contributed by atoms with Crippen LogP contribution in [-0.4, -0.2) is 79.7 Å². The number of pyridine rings is 4. The molecule has 0 aliphatic heterocycles. The quantitative estimate of drug-likeness (QED) is 0.119. The van der Waals surface area contributed by atoms with Crippen molar-refractivity contribution >= 4 is 110 Å². The molecule has 0 N–H and O–H groups in total. The monoisotopic (exact) mass is 898 g/mol. The van der Waals surface area contributed by atoms with Gasteiger partial charge in [-0.05, 0) is 36.4 Å². The zero-order valence-corrected chi connectivity index (χ0v) is 36.2. The van der Waals surface area contributed by atoms with Crippen LogP contribution in [0.25, 0.3) is 155 Å². The molecule has 0 fully saturated rings. The molecule has 0 aliphatic rings. The van der Waals surface area contributed by atoms with Gasteiger partial charge in [0.2, 0.25) is 0 Å². The second kappa shape index (κ2) is 14.6. The number of hydrogen-bond acceptors (Lipinski definition) is 16. The third-order valence-corrected chi connectivity index (χ3v) is 12.8. The molecule has 0 spiro atoms. The van der Waals surface area contributed by atoms with Gasteiger partial charge in [-0.15, -0.1) is 0 Å². The maximum atomic E-state index is 5.39. The lowest BCUT2D eigenvalue weighted by Gasteiger charge is -2.15. The average Bonchev–Trinajstić information content (AvgIpc) is 3.42. The molecule has 5 aromatic carbocycles. The number of hydrogen-bond donors (Lipinski definition) is 0. The van der Waals surface area contributed by atoms with Gasteiger partial charge in [-0.1, -0.05) is 48.5 Å². The summed E-state index contributed by atoms with van der Waals surface area (Å²) in [5, 5.41) is 3.64. The van der Waals surface area contributed by atoms with E-state index in [0.29, 0.717) is 122 Å². The second-order valence-corrected chi connectivity index (χ2v) is 16.7. The second-order valence-electron chi connectivity index (χ2n) is 16.7. The predicted octanol–water partition coefficient (Wildman–Crippen LogP) is 10.2. The van der Waals surface area contributed by atoms with Crippen LogP contribution in [0, 0.1) is 0 Å². The molecule has 0 saturated heterocycles. The van der Waals surface area contributed by atoms with Gasteiger partial charge in [-0.3, -0.25) is 59.8 Å².